The number of para-hydroxylation sites is 1. The largest absolute Gasteiger partial charge is 0.357 e. The van der Waals surface area contributed by atoms with Crippen LogP contribution in [0, 0.1) is 5.82 Å². The van der Waals surface area contributed by atoms with Crippen LogP contribution in [0.15, 0.2) is 36.4 Å². The first-order valence-electron chi connectivity index (χ1n) is 12.1. The monoisotopic (exact) mass is 449 g/mol. The van der Waals surface area contributed by atoms with E-state index in [-0.39, 0.29) is 11.7 Å². The van der Waals surface area contributed by atoms with Crippen LogP contribution < -0.4 is 9.80 Å². The molecule has 6 nitrogen and oxygen atoms in total. The SMILES string of the molecule is CC.CN1C(=O)CN2c3c(cccc31)C1CN(CCCc3[nH]nc4cc(F)ccc34)CCC12. The highest BCUT2D eigenvalue weighted by Crippen LogP contribution is 2.50. The maximum absolute atomic E-state index is 13.4. The van der Waals surface area contributed by atoms with Gasteiger partial charge in [0.15, 0.2) is 0 Å². The Balaban J connectivity index is 0.00000111. The number of carbonyl (C=O) groups is 1. The number of rotatable bonds is 4. The minimum absolute atomic E-state index is 0.180. The average Bonchev–Trinajstić information content (AvgIpc) is 3.38. The number of hydrogen-bond donors (Lipinski definition) is 1. The molecule has 0 spiro atoms. The van der Waals surface area contributed by atoms with E-state index in [0.717, 1.165) is 55.7 Å². The molecule has 0 aliphatic carbocycles. The van der Waals surface area contributed by atoms with Gasteiger partial charge in [0.1, 0.15) is 5.82 Å². The summed E-state index contributed by atoms with van der Waals surface area (Å²) in [6.45, 7) is 7.61. The lowest BCUT2D eigenvalue weighted by Gasteiger charge is -2.40. The van der Waals surface area contributed by atoms with Crippen molar-refractivity contribution in [2.24, 2.45) is 0 Å². The summed E-state index contributed by atoms with van der Waals surface area (Å²) in [6, 6.07) is 11.6. The zero-order valence-corrected chi connectivity index (χ0v) is 19.6. The Kier molecular flexibility index (Phi) is 5.83. The lowest BCUT2D eigenvalue weighted by Crippen LogP contribution is -2.51. The van der Waals surface area contributed by atoms with Crippen molar-refractivity contribution in [1.82, 2.24) is 15.1 Å². The van der Waals surface area contributed by atoms with Crippen LogP contribution in [0.25, 0.3) is 10.9 Å². The number of likely N-dealkylation sites (tertiary alicyclic amines) is 1. The van der Waals surface area contributed by atoms with E-state index in [1.165, 1.54) is 23.4 Å². The second-order valence-electron chi connectivity index (χ2n) is 9.03. The van der Waals surface area contributed by atoms with Crippen molar-refractivity contribution in [1.29, 1.82) is 0 Å². The number of H-pyrrole nitrogens is 1. The third-order valence-corrected chi connectivity index (χ3v) is 7.33. The van der Waals surface area contributed by atoms with Gasteiger partial charge in [-0.25, -0.2) is 4.39 Å². The molecule has 0 saturated carbocycles. The van der Waals surface area contributed by atoms with Crippen LogP contribution in [-0.2, 0) is 11.2 Å². The van der Waals surface area contributed by atoms with Crippen molar-refractivity contribution in [2.75, 3.05) is 43.0 Å². The van der Waals surface area contributed by atoms with Crippen LogP contribution in [0.3, 0.4) is 0 Å². The smallest absolute Gasteiger partial charge is 0.246 e. The van der Waals surface area contributed by atoms with Crippen LogP contribution >= 0.6 is 0 Å². The first-order valence-corrected chi connectivity index (χ1v) is 12.1. The Morgan fingerprint density at radius 2 is 2.06 bits per heavy atom. The van der Waals surface area contributed by atoms with E-state index in [1.807, 2.05) is 31.9 Å². The number of likely N-dealkylation sites (N-methyl/N-ethyl adjacent to an activating group) is 1. The van der Waals surface area contributed by atoms with Gasteiger partial charge < -0.3 is 14.7 Å². The van der Waals surface area contributed by atoms with Crippen molar-refractivity contribution >= 4 is 28.2 Å². The van der Waals surface area contributed by atoms with Crippen LogP contribution in [0.5, 0.6) is 0 Å². The van der Waals surface area contributed by atoms with E-state index in [2.05, 4.69) is 38.2 Å². The summed E-state index contributed by atoms with van der Waals surface area (Å²) in [6.07, 6.45) is 3.02. The number of aromatic amines is 1. The molecule has 0 bridgehead atoms. The Morgan fingerprint density at radius 1 is 1.21 bits per heavy atom. The molecule has 1 N–H and O–H groups in total. The molecule has 174 valence electrons. The van der Waals surface area contributed by atoms with E-state index < -0.39 is 0 Å². The number of benzene rings is 2. The summed E-state index contributed by atoms with van der Waals surface area (Å²) in [7, 11) is 1.89. The maximum atomic E-state index is 13.4. The average molecular weight is 450 g/mol. The number of aryl methyl sites for hydroxylation is 1. The normalized spacial score (nSPS) is 21.6. The van der Waals surface area contributed by atoms with Gasteiger partial charge in [0.25, 0.3) is 0 Å². The van der Waals surface area contributed by atoms with Crippen molar-refractivity contribution < 1.29 is 9.18 Å². The molecule has 4 heterocycles. The van der Waals surface area contributed by atoms with Gasteiger partial charge in [-0.15, -0.1) is 0 Å². The number of hydrogen-bond acceptors (Lipinski definition) is 4. The van der Waals surface area contributed by atoms with Crippen molar-refractivity contribution in [2.45, 2.75) is 45.1 Å². The predicted octanol–water partition coefficient (Wildman–Crippen LogP) is 4.32. The fourth-order valence-electron chi connectivity index (χ4n) is 5.78. The minimum atomic E-state index is -0.251. The minimum Gasteiger partial charge on any atom is -0.357 e. The molecular formula is C26H32FN5O. The molecule has 7 heteroatoms. The van der Waals surface area contributed by atoms with E-state index in [0.29, 0.717) is 24.0 Å². The van der Waals surface area contributed by atoms with E-state index in [9.17, 15) is 9.18 Å². The fraction of sp³-hybridized carbons (Fsp3) is 0.462. The molecule has 2 unspecified atom stereocenters. The van der Waals surface area contributed by atoms with Crippen molar-refractivity contribution in [3.8, 4) is 0 Å². The zero-order valence-electron chi connectivity index (χ0n) is 19.6. The van der Waals surface area contributed by atoms with Crippen LogP contribution in [0.4, 0.5) is 15.8 Å². The first-order chi connectivity index (χ1) is 16.1. The zero-order chi connectivity index (χ0) is 23.1. The molecule has 3 aromatic rings. The van der Waals surface area contributed by atoms with Crippen LogP contribution in [0.1, 0.15) is 43.9 Å². The highest BCUT2D eigenvalue weighted by atomic mass is 19.1. The lowest BCUT2D eigenvalue weighted by atomic mass is 9.89. The number of aromatic nitrogens is 2. The van der Waals surface area contributed by atoms with E-state index in [1.54, 1.807) is 0 Å². The van der Waals surface area contributed by atoms with Gasteiger partial charge in [0, 0.05) is 49.2 Å². The number of piperidine rings is 1. The number of fused-ring (bicyclic) bond motifs is 4. The third kappa shape index (κ3) is 3.68. The van der Waals surface area contributed by atoms with Crippen LogP contribution in [0.2, 0.25) is 0 Å². The molecule has 6 rings (SSSR count). The van der Waals surface area contributed by atoms with Gasteiger partial charge in [-0.2, -0.15) is 5.10 Å². The second-order valence-corrected chi connectivity index (χ2v) is 9.03. The predicted molar refractivity (Wildman–Crippen MR) is 131 cm³/mol. The number of amides is 1. The highest BCUT2D eigenvalue weighted by Gasteiger charge is 2.46. The number of halogens is 1. The lowest BCUT2D eigenvalue weighted by molar-refractivity contribution is -0.117. The summed E-state index contributed by atoms with van der Waals surface area (Å²) in [4.78, 5) is 19.2. The van der Waals surface area contributed by atoms with Gasteiger partial charge in [0.2, 0.25) is 5.91 Å². The van der Waals surface area contributed by atoms with E-state index in [4.69, 9.17) is 0 Å². The molecule has 1 amide bonds. The molecule has 1 fully saturated rings. The molecule has 0 radical (unpaired) electrons. The molecule has 33 heavy (non-hydrogen) atoms. The number of nitrogens with zero attached hydrogens (tertiary/aromatic N) is 4. The van der Waals surface area contributed by atoms with E-state index >= 15 is 0 Å². The van der Waals surface area contributed by atoms with Crippen molar-refractivity contribution in [3.63, 3.8) is 0 Å². The number of carbonyl (C=O) groups excluding carboxylic acids is 1. The Morgan fingerprint density at radius 3 is 2.91 bits per heavy atom. The Bertz CT molecular complexity index is 1170. The van der Waals surface area contributed by atoms with Gasteiger partial charge in [0.05, 0.1) is 23.4 Å². The molecule has 3 aliphatic rings. The Hall–Kier alpha value is -2.93. The molecule has 1 aromatic heterocycles. The van der Waals surface area contributed by atoms with Crippen molar-refractivity contribution in [3.05, 3.63) is 53.5 Å². The summed E-state index contributed by atoms with van der Waals surface area (Å²) in [5.41, 5.74) is 5.50. The number of anilines is 2. The fourth-order valence-corrected chi connectivity index (χ4v) is 5.78. The first kappa shape index (κ1) is 21.9. The third-order valence-electron chi connectivity index (χ3n) is 7.33. The summed E-state index contributed by atoms with van der Waals surface area (Å²) >= 11 is 0. The topological polar surface area (TPSA) is 55.5 Å². The van der Waals surface area contributed by atoms with Gasteiger partial charge in [-0.3, -0.25) is 9.89 Å². The quantitative estimate of drug-likeness (QED) is 0.645. The molecule has 2 atom stereocenters. The second kappa shape index (κ2) is 8.78. The number of nitrogens with one attached hydrogen (secondary N) is 1. The maximum Gasteiger partial charge on any atom is 0.246 e. The summed E-state index contributed by atoms with van der Waals surface area (Å²) in [5.74, 6) is 0.387. The van der Waals surface area contributed by atoms with Gasteiger partial charge in [-0.1, -0.05) is 26.0 Å². The van der Waals surface area contributed by atoms with Gasteiger partial charge in [-0.05, 0) is 49.6 Å². The Labute approximate surface area is 194 Å². The molecule has 3 aliphatic heterocycles. The van der Waals surface area contributed by atoms with Crippen LogP contribution in [-0.4, -0.2) is 60.3 Å². The molecule has 2 aromatic carbocycles. The summed E-state index contributed by atoms with van der Waals surface area (Å²) in [5, 5.41) is 8.34. The summed E-state index contributed by atoms with van der Waals surface area (Å²) < 4.78 is 13.4. The highest BCUT2D eigenvalue weighted by molar-refractivity contribution is 6.04. The van der Waals surface area contributed by atoms with Gasteiger partial charge >= 0.3 is 0 Å². The molecule has 1 saturated heterocycles. The standard InChI is InChI=1S/C24H26FN5O.C2H6/c1-28-22-6-2-4-16-18-13-29(11-9-21(18)30(24(16)22)14-23(28)31)10-3-5-19-17-8-7-15(25)12-20(17)27-26-19;1-2/h2,4,6-8,12,18,21H,3,5,9-11,13-14H2,1H3,(H,26,27);1-2H3. The molecular weight excluding hydrogens is 417 g/mol.